The van der Waals surface area contributed by atoms with E-state index in [0.29, 0.717) is 0 Å². The Balaban J connectivity index is 4.20. The molecule has 0 atom stereocenters. The molecule has 0 aromatic carbocycles. The van der Waals surface area contributed by atoms with Gasteiger partial charge in [0.05, 0.1) is 6.54 Å². The monoisotopic (exact) mass is 288 g/mol. The van der Waals surface area contributed by atoms with Gasteiger partial charge in [0, 0.05) is 12.0 Å². The van der Waals surface area contributed by atoms with Crippen molar-refractivity contribution in [2.75, 3.05) is 6.54 Å². The van der Waals surface area contributed by atoms with Crippen molar-refractivity contribution >= 4 is 12.0 Å². The fourth-order valence-electron chi connectivity index (χ4n) is 1.11. The molecule has 0 bridgehead atoms. The molecule has 0 heterocycles. The Morgan fingerprint density at radius 2 is 1.79 bits per heavy atom. The zero-order valence-corrected chi connectivity index (χ0v) is 10.5. The van der Waals surface area contributed by atoms with E-state index < -0.39 is 36.4 Å². The number of aliphatic carboxylic acids is 1. The van der Waals surface area contributed by atoms with Gasteiger partial charge in [-0.1, -0.05) is 0 Å². The largest absolute Gasteiger partial charge is 0.481 e. The molecule has 0 radical (unpaired) electrons. The van der Waals surface area contributed by atoms with Gasteiger partial charge in [-0.15, -0.1) is 0 Å². The van der Waals surface area contributed by atoms with Crippen molar-refractivity contribution < 1.29 is 32.3 Å². The third-order valence-electron chi connectivity index (χ3n) is 2.22. The Hall–Kier alpha value is -1.54. The summed E-state index contributed by atoms with van der Waals surface area (Å²) in [6.07, 6.45) is -4.02. The number of nitrogens with one attached hydrogen (secondary N) is 2. The molecule has 0 saturated carbocycles. The zero-order chi connectivity index (χ0) is 15.3. The van der Waals surface area contributed by atoms with Crippen LogP contribution in [0.5, 0.6) is 0 Å². The highest BCUT2D eigenvalue weighted by Crippen LogP contribution is 2.21. The molecule has 2 amide bonds. The van der Waals surface area contributed by atoms with Crippen molar-refractivity contribution in [2.24, 2.45) is 0 Å². The van der Waals surface area contributed by atoms with Crippen molar-refractivity contribution in [3.63, 3.8) is 0 Å². The summed E-state index contributed by atoms with van der Waals surface area (Å²) in [5.74, 6) is -5.37. The molecule has 0 aliphatic carbocycles. The molecule has 0 fully saturated rings. The quantitative estimate of drug-likeness (QED) is 0.625. The Labute approximate surface area is 107 Å². The van der Waals surface area contributed by atoms with Crippen LogP contribution in [0, 0.1) is 0 Å². The summed E-state index contributed by atoms with van der Waals surface area (Å²) in [5, 5.41) is 12.3. The molecule has 19 heavy (non-hydrogen) atoms. The van der Waals surface area contributed by atoms with Gasteiger partial charge in [-0.3, -0.25) is 4.79 Å². The van der Waals surface area contributed by atoms with E-state index in [2.05, 4.69) is 5.32 Å². The molecule has 5 nitrogen and oxygen atoms in total. The minimum atomic E-state index is -4.30. The molecule has 3 N–H and O–H groups in total. The number of carbonyl (C=O) groups is 2. The van der Waals surface area contributed by atoms with Crippen molar-refractivity contribution in [3.8, 4) is 0 Å². The van der Waals surface area contributed by atoms with Crippen LogP contribution < -0.4 is 10.6 Å². The lowest BCUT2D eigenvalue weighted by atomic mass is 9.99. The highest BCUT2D eigenvalue weighted by molar-refractivity contribution is 5.75. The Bertz CT molecular complexity index is 335. The average Bonchev–Trinajstić information content (AvgIpc) is 2.23. The zero-order valence-electron chi connectivity index (χ0n) is 10.5. The second-order valence-corrected chi connectivity index (χ2v) is 4.65. The maximum absolute atomic E-state index is 12.5. The van der Waals surface area contributed by atoms with Crippen LogP contribution in [-0.4, -0.2) is 41.5 Å². The van der Waals surface area contributed by atoms with E-state index >= 15 is 0 Å². The van der Waals surface area contributed by atoms with Gasteiger partial charge in [0.2, 0.25) is 0 Å². The molecule has 0 unspecified atom stereocenters. The topological polar surface area (TPSA) is 78.4 Å². The van der Waals surface area contributed by atoms with E-state index in [9.17, 15) is 27.2 Å². The lowest BCUT2D eigenvalue weighted by Gasteiger charge is -2.26. The number of amides is 2. The van der Waals surface area contributed by atoms with Gasteiger partial charge in [0.1, 0.15) is 0 Å². The first-order valence-electron chi connectivity index (χ1n) is 5.40. The van der Waals surface area contributed by atoms with Gasteiger partial charge in [-0.2, -0.15) is 8.78 Å². The molecule has 0 saturated heterocycles. The molecule has 9 heteroatoms. The minimum absolute atomic E-state index is 0.0704. The molecule has 0 spiro atoms. The number of hydrogen-bond acceptors (Lipinski definition) is 2. The van der Waals surface area contributed by atoms with Crippen LogP contribution in [0.15, 0.2) is 0 Å². The van der Waals surface area contributed by atoms with Crippen LogP contribution in [0.3, 0.4) is 0 Å². The molecule has 0 aromatic rings. The van der Waals surface area contributed by atoms with E-state index in [0.717, 1.165) is 0 Å². The number of halogens is 4. The summed E-state index contributed by atoms with van der Waals surface area (Å²) in [6.45, 7) is 1.48. The number of urea groups is 1. The maximum atomic E-state index is 12.5. The fourth-order valence-corrected chi connectivity index (χ4v) is 1.11. The van der Waals surface area contributed by atoms with Gasteiger partial charge in [-0.05, 0) is 20.3 Å². The third-order valence-corrected chi connectivity index (χ3v) is 2.22. The molecule has 0 aliphatic rings. The predicted octanol–water partition coefficient (Wildman–Crippen LogP) is 1.83. The standard InChI is InChI=1S/C10H16F4N2O3/c1-9(2,4-3-6(17)18)16-8(19)15-5-10(13,14)7(11)12/h7H,3-5H2,1-2H3,(H,17,18)(H2,15,16,19). The minimum Gasteiger partial charge on any atom is -0.481 e. The number of carboxylic acids is 1. The van der Waals surface area contributed by atoms with Crippen LogP contribution in [0.4, 0.5) is 22.4 Å². The van der Waals surface area contributed by atoms with Crippen LogP contribution in [-0.2, 0) is 4.79 Å². The Morgan fingerprint density at radius 3 is 2.21 bits per heavy atom. The summed E-state index contributed by atoms with van der Waals surface area (Å²) in [4.78, 5) is 21.6. The van der Waals surface area contributed by atoms with E-state index in [1.807, 2.05) is 0 Å². The third kappa shape index (κ3) is 7.47. The second kappa shape index (κ2) is 6.58. The second-order valence-electron chi connectivity index (χ2n) is 4.65. The summed E-state index contributed by atoms with van der Waals surface area (Å²) in [6, 6.07) is -1.06. The highest BCUT2D eigenvalue weighted by atomic mass is 19.3. The number of hydrogen-bond donors (Lipinski definition) is 3. The van der Waals surface area contributed by atoms with Crippen LogP contribution in [0.1, 0.15) is 26.7 Å². The molecule has 0 aromatic heterocycles. The van der Waals surface area contributed by atoms with Gasteiger partial charge < -0.3 is 15.7 Å². The van der Waals surface area contributed by atoms with Crippen molar-refractivity contribution in [1.82, 2.24) is 10.6 Å². The number of rotatable bonds is 7. The average molecular weight is 288 g/mol. The van der Waals surface area contributed by atoms with E-state index in [4.69, 9.17) is 5.11 Å². The number of carboxylic acid groups (broad SMARTS) is 1. The van der Waals surface area contributed by atoms with Crippen molar-refractivity contribution in [2.45, 2.75) is 44.6 Å². The predicted molar refractivity (Wildman–Crippen MR) is 58.4 cm³/mol. The first-order chi connectivity index (χ1) is 8.46. The normalized spacial score (nSPS) is 12.4. The maximum Gasteiger partial charge on any atom is 0.324 e. The lowest BCUT2D eigenvalue weighted by molar-refractivity contribution is -0.137. The summed E-state index contributed by atoms with van der Waals surface area (Å²) in [7, 11) is 0. The van der Waals surface area contributed by atoms with Crippen molar-refractivity contribution in [1.29, 1.82) is 0 Å². The van der Waals surface area contributed by atoms with Gasteiger partial charge in [0.25, 0.3) is 0 Å². The summed E-state index contributed by atoms with van der Waals surface area (Å²) >= 11 is 0. The molecule has 112 valence electrons. The van der Waals surface area contributed by atoms with E-state index in [1.54, 1.807) is 5.32 Å². The smallest absolute Gasteiger partial charge is 0.324 e. The van der Waals surface area contributed by atoms with Crippen LogP contribution in [0.2, 0.25) is 0 Å². The van der Waals surface area contributed by atoms with Gasteiger partial charge >= 0.3 is 24.3 Å². The first-order valence-corrected chi connectivity index (χ1v) is 5.40. The van der Waals surface area contributed by atoms with Gasteiger partial charge in [-0.25, -0.2) is 13.6 Å². The lowest BCUT2D eigenvalue weighted by Crippen LogP contribution is -2.51. The first kappa shape index (κ1) is 17.5. The molecular formula is C10H16F4N2O3. The van der Waals surface area contributed by atoms with E-state index in [-0.39, 0.29) is 12.8 Å². The highest BCUT2D eigenvalue weighted by Gasteiger charge is 2.41. The Morgan fingerprint density at radius 1 is 1.26 bits per heavy atom. The Kier molecular flexibility index (Phi) is 6.04. The SMILES string of the molecule is CC(C)(CCC(=O)O)NC(=O)NCC(F)(F)C(F)F. The van der Waals surface area contributed by atoms with Gasteiger partial charge in [0.15, 0.2) is 0 Å². The molecule has 0 aliphatic heterocycles. The summed E-state index contributed by atoms with van der Waals surface area (Å²) in [5.41, 5.74) is -0.956. The fraction of sp³-hybridized carbons (Fsp3) is 0.800. The van der Waals surface area contributed by atoms with Crippen LogP contribution >= 0.6 is 0 Å². The van der Waals surface area contributed by atoms with Crippen molar-refractivity contribution in [3.05, 3.63) is 0 Å². The molecule has 0 rings (SSSR count). The number of carbonyl (C=O) groups excluding carboxylic acids is 1. The molecular weight excluding hydrogens is 272 g/mol. The van der Waals surface area contributed by atoms with Crippen LogP contribution in [0.25, 0.3) is 0 Å². The summed E-state index contributed by atoms with van der Waals surface area (Å²) < 4.78 is 48.7. The van der Waals surface area contributed by atoms with E-state index in [1.165, 1.54) is 13.8 Å². The number of alkyl halides is 4.